The minimum Gasteiger partial charge on any atom is -0.352 e. The second-order valence-corrected chi connectivity index (χ2v) is 6.19. The number of piperidine rings is 1. The Bertz CT molecular complexity index is 643. The number of nitrogens with zero attached hydrogens (tertiary/aromatic N) is 2. The van der Waals surface area contributed by atoms with Gasteiger partial charge in [0, 0.05) is 24.7 Å². The minimum atomic E-state index is 0. The second kappa shape index (κ2) is 8.85. The lowest BCUT2D eigenvalue weighted by Crippen LogP contribution is -2.51. The first-order valence-electron chi connectivity index (χ1n) is 8.34. The van der Waals surface area contributed by atoms with Crippen LogP contribution in [0.3, 0.4) is 0 Å². The topological polar surface area (TPSA) is 58.9 Å². The largest absolute Gasteiger partial charge is 0.352 e. The van der Waals surface area contributed by atoms with E-state index in [9.17, 15) is 4.79 Å². The molecule has 0 bridgehead atoms. The van der Waals surface area contributed by atoms with Crippen molar-refractivity contribution in [3.05, 3.63) is 48.3 Å². The van der Waals surface area contributed by atoms with Crippen LogP contribution in [0.15, 0.2) is 42.7 Å². The third kappa shape index (κ3) is 4.82. The second-order valence-electron chi connectivity index (χ2n) is 6.19. The molecule has 1 fully saturated rings. The highest BCUT2D eigenvalue weighted by Gasteiger charge is 2.22. The molecule has 1 aromatic heterocycles. The number of carbonyl (C=O) groups is 1. The maximum absolute atomic E-state index is 12.1. The van der Waals surface area contributed by atoms with E-state index in [1.165, 1.54) is 0 Å². The van der Waals surface area contributed by atoms with E-state index in [-0.39, 0.29) is 24.4 Å². The monoisotopic (exact) mass is 348 g/mol. The first-order valence-corrected chi connectivity index (χ1v) is 8.34. The normalized spacial score (nSPS) is 20.2. The summed E-state index contributed by atoms with van der Waals surface area (Å²) in [6.07, 6.45) is 7.24. The number of rotatable bonds is 5. The van der Waals surface area contributed by atoms with Gasteiger partial charge in [0.2, 0.25) is 5.91 Å². The molecule has 0 radical (unpaired) electrons. The Morgan fingerprint density at radius 3 is 2.92 bits per heavy atom. The van der Waals surface area contributed by atoms with Gasteiger partial charge in [-0.15, -0.1) is 12.4 Å². The minimum absolute atomic E-state index is 0. The van der Waals surface area contributed by atoms with Gasteiger partial charge >= 0.3 is 0 Å². The molecule has 2 unspecified atom stereocenters. The van der Waals surface area contributed by atoms with Crippen molar-refractivity contribution in [3.63, 3.8) is 0 Å². The number of hydrogen-bond acceptors (Lipinski definition) is 3. The van der Waals surface area contributed by atoms with Crippen molar-refractivity contribution in [1.82, 2.24) is 20.4 Å². The maximum atomic E-state index is 12.1. The predicted octanol–water partition coefficient (Wildman–Crippen LogP) is 2.48. The molecule has 6 heteroatoms. The first-order chi connectivity index (χ1) is 11.2. The number of amides is 1. The molecule has 1 amide bonds. The van der Waals surface area contributed by atoms with Crippen LogP contribution in [0, 0.1) is 0 Å². The zero-order chi connectivity index (χ0) is 16.1. The third-order valence-electron chi connectivity index (χ3n) is 4.41. The molecule has 1 aliphatic heterocycles. The number of benzene rings is 1. The van der Waals surface area contributed by atoms with Crippen LogP contribution in [0.4, 0.5) is 0 Å². The summed E-state index contributed by atoms with van der Waals surface area (Å²) in [6.45, 7) is 3.18. The molecule has 2 atom stereocenters. The summed E-state index contributed by atoms with van der Waals surface area (Å²) in [5.74, 6) is 0.123. The first kappa shape index (κ1) is 18.5. The van der Waals surface area contributed by atoms with Gasteiger partial charge in [0.25, 0.3) is 0 Å². The van der Waals surface area contributed by atoms with Crippen molar-refractivity contribution in [1.29, 1.82) is 0 Å². The van der Waals surface area contributed by atoms with Gasteiger partial charge in [0.1, 0.15) is 0 Å². The van der Waals surface area contributed by atoms with E-state index in [0.29, 0.717) is 18.9 Å². The number of nitrogens with one attached hydrogen (secondary N) is 2. The summed E-state index contributed by atoms with van der Waals surface area (Å²) >= 11 is 0. The molecule has 2 aromatic rings. The lowest BCUT2D eigenvalue weighted by Gasteiger charge is -2.30. The van der Waals surface area contributed by atoms with Crippen LogP contribution in [0.5, 0.6) is 0 Å². The van der Waals surface area contributed by atoms with Gasteiger partial charge in [-0.2, -0.15) is 5.10 Å². The van der Waals surface area contributed by atoms with Crippen LogP contribution < -0.4 is 10.6 Å². The van der Waals surface area contributed by atoms with Crippen LogP contribution in [-0.4, -0.2) is 34.3 Å². The van der Waals surface area contributed by atoms with E-state index in [4.69, 9.17) is 0 Å². The summed E-state index contributed by atoms with van der Waals surface area (Å²) in [5.41, 5.74) is 2.11. The predicted molar refractivity (Wildman–Crippen MR) is 97.8 cm³/mol. The average Bonchev–Trinajstić information content (AvgIpc) is 3.05. The zero-order valence-corrected chi connectivity index (χ0v) is 14.8. The highest BCUT2D eigenvalue weighted by atomic mass is 35.5. The fraction of sp³-hybridized carbons (Fsp3) is 0.444. The Hall–Kier alpha value is -1.85. The van der Waals surface area contributed by atoms with Crippen molar-refractivity contribution in [2.75, 3.05) is 6.54 Å². The molecular formula is C18H25ClN4O. The number of aromatic nitrogens is 2. The highest BCUT2D eigenvalue weighted by Crippen LogP contribution is 2.11. The number of carbonyl (C=O) groups excluding carboxylic acids is 1. The number of halogens is 1. The van der Waals surface area contributed by atoms with Crippen LogP contribution in [0.25, 0.3) is 5.69 Å². The van der Waals surface area contributed by atoms with Gasteiger partial charge in [-0.3, -0.25) is 4.79 Å². The molecule has 5 nitrogen and oxygen atoms in total. The van der Waals surface area contributed by atoms with Gasteiger partial charge in [-0.1, -0.05) is 18.2 Å². The summed E-state index contributed by atoms with van der Waals surface area (Å²) in [6, 6.07) is 10.6. The summed E-state index contributed by atoms with van der Waals surface area (Å²) in [5, 5.41) is 10.9. The van der Waals surface area contributed by atoms with Gasteiger partial charge in [0.05, 0.1) is 11.9 Å². The molecule has 3 rings (SSSR count). The van der Waals surface area contributed by atoms with Crippen molar-refractivity contribution < 1.29 is 4.79 Å². The molecule has 1 aromatic carbocycles. The Morgan fingerprint density at radius 2 is 2.17 bits per heavy atom. The van der Waals surface area contributed by atoms with Crippen LogP contribution in [-0.2, 0) is 11.2 Å². The fourth-order valence-corrected chi connectivity index (χ4v) is 2.99. The maximum Gasteiger partial charge on any atom is 0.220 e. The molecule has 1 aliphatic rings. The SMILES string of the molecule is CC1NCCCC1NC(=O)CCc1cnn(-c2ccccc2)c1.Cl. The van der Waals surface area contributed by atoms with E-state index in [0.717, 1.165) is 30.6 Å². The van der Waals surface area contributed by atoms with E-state index in [2.05, 4.69) is 22.7 Å². The molecule has 2 N–H and O–H groups in total. The van der Waals surface area contributed by atoms with Crippen LogP contribution in [0.2, 0.25) is 0 Å². The number of para-hydroxylation sites is 1. The average molecular weight is 349 g/mol. The number of aryl methyl sites for hydroxylation is 1. The van der Waals surface area contributed by atoms with Gasteiger partial charge < -0.3 is 10.6 Å². The van der Waals surface area contributed by atoms with E-state index in [1.54, 1.807) is 0 Å². The van der Waals surface area contributed by atoms with Gasteiger partial charge in [-0.05, 0) is 50.4 Å². The highest BCUT2D eigenvalue weighted by molar-refractivity contribution is 5.85. The molecular weight excluding hydrogens is 324 g/mol. The third-order valence-corrected chi connectivity index (χ3v) is 4.41. The number of hydrogen-bond donors (Lipinski definition) is 2. The molecule has 0 aliphatic carbocycles. The van der Waals surface area contributed by atoms with E-state index >= 15 is 0 Å². The molecule has 2 heterocycles. The Kier molecular flexibility index (Phi) is 6.82. The molecule has 0 spiro atoms. The van der Waals surface area contributed by atoms with Crippen molar-refractivity contribution in [2.45, 2.75) is 44.7 Å². The standard InChI is InChI=1S/C18H24N4O.ClH/c1-14-17(8-5-11-19-14)21-18(23)10-9-15-12-20-22(13-15)16-6-3-2-4-7-16;/h2-4,6-7,12-14,17,19H,5,8-11H2,1H3,(H,21,23);1H. The summed E-state index contributed by atoms with van der Waals surface area (Å²) in [4.78, 5) is 12.1. The smallest absolute Gasteiger partial charge is 0.220 e. The molecule has 24 heavy (non-hydrogen) atoms. The quantitative estimate of drug-likeness (QED) is 0.872. The summed E-state index contributed by atoms with van der Waals surface area (Å²) < 4.78 is 1.85. The summed E-state index contributed by atoms with van der Waals surface area (Å²) in [7, 11) is 0. The lowest BCUT2D eigenvalue weighted by atomic mass is 9.99. The molecule has 130 valence electrons. The van der Waals surface area contributed by atoms with E-state index < -0.39 is 0 Å². The molecule has 0 saturated carbocycles. The Labute approximate surface area is 149 Å². The van der Waals surface area contributed by atoms with E-state index in [1.807, 2.05) is 47.4 Å². The zero-order valence-electron chi connectivity index (χ0n) is 13.9. The lowest BCUT2D eigenvalue weighted by molar-refractivity contribution is -0.122. The van der Waals surface area contributed by atoms with Crippen LogP contribution in [0.1, 0.15) is 31.7 Å². The van der Waals surface area contributed by atoms with Crippen molar-refractivity contribution >= 4 is 18.3 Å². The van der Waals surface area contributed by atoms with Gasteiger partial charge in [-0.25, -0.2) is 4.68 Å². The molecule has 1 saturated heterocycles. The fourth-order valence-electron chi connectivity index (χ4n) is 2.99. The van der Waals surface area contributed by atoms with Crippen LogP contribution >= 0.6 is 12.4 Å². The van der Waals surface area contributed by atoms with Crippen molar-refractivity contribution in [2.24, 2.45) is 0 Å². The Morgan fingerprint density at radius 1 is 1.38 bits per heavy atom. The van der Waals surface area contributed by atoms with Gasteiger partial charge in [0.15, 0.2) is 0 Å². The van der Waals surface area contributed by atoms with Crippen molar-refractivity contribution in [3.8, 4) is 5.69 Å². The Balaban J connectivity index is 0.00000208.